The number of nitriles is 1. The van der Waals surface area contributed by atoms with E-state index in [2.05, 4.69) is 32.1 Å². The number of fused-ring (bicyclic) bond motifs is 1. The third kappa shape index (κ3) is 7.82. The Kier molecular flexibility index (Phi) is 10.9. The van der Waals surface area contributed by atoms with Gasteiger partial charge in [-0.15, -0.1) is 10.2 Å². The van der Waals surface area contributed by atoms with Gasteiger partial charge in [-0.25, -0.2) is 0 Å². The van der Waals surface area contributed by atoms with E-state index in [1.165, 1.54) is 10.5 Å². The van der Waals surface area contributed by atoms with E-state index in [-0.39, 0.29) is 42.0 Å². The molecule has 3 aromatic rings. The number of imide groups is 1. The lowest BCUT2D eigenvalue weighted by atomic mass is 9.87. The van der Waals surface area contributed by atoms with E-state index < -0.39 is 11.9 Å². The number of primary amides is 1. The van der Waals surface area contributed by atoms with Crippen LogP contribution in [0.2, 0.25) is 5.02 Å². The van der Waals surface area contributed by atoms with E-state index in [0.717, 1.165) is 69.8 Å². The van der Waals surface area contributed by atoms with Crippen LogP contribution in [0.3, 0.4) is 0 Å². The number of aromatic nitrogens is 2. The van der Waals surface area contributed by atoms with Gasteiger partial charge in [0.15, 0.2) is 11.5 Å². The Morgan fingerprint density at radius 3 is 2.34 bits per heavy atom. The minimum atomic E-state index is -0.656. The van der Waals surface area contributed by atoms with Gasteiger partial charge in [0.1, 0.15) is 17.9 Å². The van der Waals surface area contributed by atoms with Crippen LogP contribution in [0.25, 0.3) is 0 Å². The van der Waals surface area contributed by atoms with Crippen molar-refractivity contribution in [2.75, 3.05) is 37.6 Å². The molecule has 0 spiro atoms. The number of halogens is 1. The summed E-state index contributed by atoms with van der Waals surface area (Å²) < 4.78 is 6.14. The van der Waals surface area contributed by atoms with Gasteiger partial charge in [0, 0.05) is 50.3 Å². The highest BCUT2D eigenvalue weighted by atomic mass is 35.5. The van der Waals surface area contributed by atoms with E-state index in [9.17, 15) is 19.2 Å². The summed E-state index contributed by atoms with van der Waals surface area (Å²) in [7, 11) is 0. The van der Waals surface area contributed by atoms with Gasteiger partial charge >= 0.3 is 0 Å². The molecule has 2 aromatic carbocycles. The maximum Gasteiger partial charge on any atom is 0.269 e. The first-order valence-corrected chi connectivity index (χ1v) is 20.3. The highest BCUT2D eigenvalue weighted by Gasteiger charge is 2.45. The van der Waals surface area contributed by atoms with Crippen molar-refractivity contribution in [3.05, 3.63) is 81.5 Å². The molecule has 5 aliphatic rings. The van der Waals surface area contributed by atoms with Gasteiger partial charge in [0.05, 0.1) is 16.7 Å². The smallest absolute Gasteiger partial charge is 0.269 e. The molecule has 4 aliphatic heterocycles. The number of anilines is 1. The largest absolute Gasteiger partial charge is 0.490 e. The molecule has 14 heteroatoms. The van der Waals surface area contributed by atoms with Crippen LogP contribution in [-0.2, 0) is 16.1 Å². The molecule has 1 aliphatic carbocycles. The summed E-state index contributed by atoms with van der Waals surface area (Å²) in [6.07, 6.45) is 7.37. The number of nitrogens with two attached hydrogens (primary N) is 1. The van der Waals surface area contributed by atoms with Gasteiger partial charge in [0.25, 0.3) is 17.7 Å². The zero-order valence-electron chi connectivity index (χ0n) is 31.4. The fourth-order valence-electron chi connectivity index (χ4n) is 9.39. The second-order valence-electron chi connectivity index (χ2n) is 16.0. The van der Waals surface area contributed by atoms with Crippen LogP contribution in [-0.4, -0.2) is 99.4 Å². The first-order chi connectivity index (χ1) is 27.1. The molecule has 4 amide bonds. The SMILES string of the molecule is N#Cc1ccc(OC2CCC(N3C(=O)CCC(N4Cc5cc(C6CCN(CC7CCN(c8ccc(C(N)=O)nn8)CC7)CC6)ccc5C4=O)C3=O)CC2)cc1Cl. The summed E-state index contributed by atoms with van der Waals surface area (Å²) >= 11 is 6.19. The number of nitrogens with zero attached hydrogens (tertiary/aromatic N) is 7. The molecule has 8 rings (SSSR count). The molecule has 3 saturated heterocycles. The maximum absolute atomic E-state index is 14.0. The summed E-state index contributed by atoms with van der Waals surface area (Å²) in [6.45, 7) is 5.35. The fourth-order valence-corrected chi connectivity index (χ4v) is 9.60. The van der Waals surface area contributed by atoms with Crippen LogP contribution < -0.4 is 15.4 Å². The number of ether oxygens (including phenoxy) is 1. The number of rotatable bonds is 9. The third-order valence-electron chi connectivity index (χ3n) is 12.5. The fraction of sp³-hybridized carbons (Fsp3) is 0.500. The Labute approximate surface area is 331 Å². The van der Waals surface area contributed by atoms with Crippen molar-refractivity contribution in [3.8, 4) is 11.8 Å². The molecule has 1 aromatic heterocycles. The number of benzene rings is 2. The van der Waals surface area contributed by atoms with Crippen molar-refractivity contribution >= 4 is 41.0 Å². The first-order valence-electron chi connectivity index (χ1n) is 19.9. The van der Waals surface area contributed by atoms with Crippen LogP contribution in [0.1, 0.15) is 108 Å². The Balaban J connectivity index is 0.817. The van der Waals surface area contributed by atoms with Crippen molar-refractivity contribution in [1.82, 2.24) is 24.9 Å². The maximum atomic E-state index is 14.0. The van der Waals surface area contributed by atoms with E-state index >= 15 is 0 Å². The molecule has 4 fully saturated rings. The van der Waals surface area contributed by atoms with Crippen molar-refractivity contribution in [3.63, 3.8) is 0 Å². The lowest BCUT2D eigenvalue weighted by Gasteiger charge is -2.41. The molecule has 2 N–H and O–H groups in total. The van der Waals surface area contributed by atoms with Crippen LogP contribution in [0.15, 0.2) is 48.5 Å². The molecule has 13 nitrogen and oxygen atoms in total. The van der Waals surface area contributed by atoms with Crippen LogP contribution >= 0.6 is 11.6 Å². The second kappa shape index (κ2) is 16.2. The molecule has 1 unspecified atom stereocenters. The van der Waals surface area contributed by atoms with E-state index in [1.807, 2.05) is 18.2 Å². The van der Waals surface area contributed by atoms with Crippen molar-refractivity contribution in [1.29, 1.82) is 5.26 Å². The van der Waals surface area contributed by atoms with Gasteiger partial charge in [-0.2, -0.15) is 5.26 Å². The van der Waals surface area contributed by atoms with E-state index in [0.29, 0.717) is 72.4 Å². The summed E-state index contributed by atoms with van der Waals surface area (Å²) in [6, 6.07) is 15.9. The lowest BCUT2D eigenvalue weighted by molar-refractivity contribution is -0.156. The van der Waals surface area contributed by atoms with Gasteiger partial charge in [-0.3, -0.25) is 24.1 Å². The summed E-state index contributed by atoms with van der Waals surface area (Å²) in [5, 5.41) is 17.7. The van der Waals surface area contributed by atoms with Crippen molar-refractivity contribution in [2.24, 2.45) is 11.7 Å². The number of piperidine rings is 3. The van der Waals surface area contributed by atoms with Gasteiger partial charge in [0.2, 0.25) is 5.91 Å². The number of amides is 4. The average molecular weight is 779 g/mol. The predicted octanol–water partition coefficient (Wildman–Crippen LogP) is 5.06. The first kappa shape index (κ1) is 37.8. The minimum absolute atomic E-state index is 0.0838. The number of carbonyl (C=O) groups excluding carboxylic acids is 4. The van der Waals surface area contributed by atoms with E-state index in [1.54, 1.807) is 29.2 Å². The Hall–Kier alpha value is -5.06. The highest BCUT2D eigenvalue weighted by molar-refractivity contribution is 6.31. The highest BCUT2D eigenvalue weighted by Crippen LogP contribution is 2.37. The van der Waals surface area contributed by atoms with Crippen molar-refractivity contribution in [2.45, 2.75) is 94.9 Å². The number of hydrogen-bond acceptors (Lipinski definition) is 10. The van der Waals surface area contributed by atoms with Crippen LogP contribution in [0.4, 0.5) is 5.82 Å². The second-order valence-corrected chi connectivity index (χ2v) is 16.4. The lowest BCUT2D eigenvalue weighted by Crippen LogP contribution is -2.58. The normalized spacial score (nSPS) is 24.0. The topological polar surface area (TPSA) is 166 Å². The Bertz CT molecular complexity index is 2030. The molecular weight excluding hydrogens is 732 g/mol. The molecule has 1 atom stereocenters. The summed E-state index contributed by atoms with van der Waals surface area (Å²) in [5.74, 6) is 1.28. The number of hydrogen-bond donors (Lipinski definition) is 1. The van der Waals surface area contributed by atoms with Gasteiger partial charge in [-0.1, -0.05) is 23.7 Å². The molecular formula is C42H47ClN8O5. The monoisotopic (exact) mass is 778 g/mol. The Morgan fingerprint density at radius 2 is 1.66 bits per heavy atom. The third-order valence-corrected chi connectivity index (χ3v) is 12.9. The summed E-state index contributed by atoms with van der Waals surface area (Å²) in [4.78, 5) is 60.2. The predicted molar refractivity (Wildman–Crippen MR) is 208 cm³/mol. The standard InChI is InChI=1S/C42H47ClN8O5/c43-35-22-33(5-1-29(35)23-44)56-32-6-3-31(4-7-32)51-39(52)12-10-37(42(51)55)50-25-30-21-28(2-8-34(30)41(50)54)27-15-17-48(18-16-27)24-26-13-19-49(20-14-26)38-11-9-36(40(45)53)46-47-38/h1-2,5,8-9,11,21-22,26-27,31-32,37H,3-4,6-7,10,12-20,24-25H2,(H2,45,53). The van der Waals surface area contributed by atoms with Crippen LogP contribution in [0, 0.1) is 17.2 Å². The average Bonchev–Trinajstić information content (AvgIpc) is 3.54. The molecule has 0 bridgehead atoms. The zero-order chi connectivity index (χ0) is 38.9. The van der Waals surface area contributed by atoms with Gasteiger partial charge in [-0.05, 0) is 124 Å². The van der Waals surface area contributed by atoms with Gasteiger partial charge < -0.3 is 25.2 Å². The Morgan fingerprint density at radius 1 is 0.893 bits per heavy atom. The number of carbonyl (C=O) groups is 4. The molecule has 0 radical (unpaired) electrons. The molecule has 5 heterocycles. The minimum Gasteiger partial charge on any atom is -0.490 e. The molecule has 56 heavy (non-hydrogen) atoms. The van der Waals surface area contributed by atoms with Crippen molar-refractivity contribution < 1.29 is 23.9 Å². The number of likely N-dealkylation sites (tertiary alicyclic amines) is 2. The zero-order valence-corrected chi connectivity index (χ0v) is 32.2. The summed E-state index contributed by atoms with van der Waals surface area (Å²) in [5.41, 5.74) is 8.74. The molecule has 292 valence electrons. The van der Waals surface area contributed by atoms with Crippen LogP contribution in [0.5, 0.6) is 5.75 Å². The quantitative estimate of drug-likeness (QED) is 0.290. The molecule has 1 saturated carbocycles. The van der Waals surface area contributed by atoms with E-state index in [4.69, 9.17) is 27.3 Å².